The molecule has 0 spiro atoms. The molecule has 0 bridgehead atoms. The van der Waals surface area contributed by atoms with Crippen molar-refractivity contribution in [3.8, 4) is 6.07 Å². The molecule has 2 aliphatic carbocycles. The first-order valence-electron chi connectivity index (χ1n) is 11.1. The molecule has 0 heterocycles. The van der Waals surface area contributed by atoms with Crippen LogP contribution in [-0.4, -0.2) is 12.7 Å². The van der Waals surface area contributed by atoms with Gasteiger partial charge in [0.15, 0.2) is 5.83 Å². The van der Waals surface area contributed by atoms with Crippen LogP contribution in [0.15, 0.2) is 11.9 Å². The Kier molecular flexibility index (Phi) is 10.3. The highest BCUT2D eigenvalue weighted by molar-refractivity contribution is 5.11. The zero-order valence-electron chi connectivity index (χ0n) is 16.7. The minimum atomic E-state index is -0.637. The van der Waals surface area contributed by atoms with E-state index in [4.69, 9.17) is 10.00 Å². The summed E-state index contributed by atoms with van der Waals surface area (Å²) < 4.78 is 19.1. The van der Waals surface area contributed by atoms with E-state index in [1.807, 2.05) is 0 Å². The second kappa shape index (κ2) is 12.5. The summed E-state index contributed by atoms with van der Waals surface area (Å²) >= 11 is 0. The van der Waals surface area contributed by atoms with Crippen LogP contribution in [0.3, 0.4) is 0 Å². The molecular weight excluding hydrogens is 325 g/mol. The second-order valence-electron chi connectivity index (χ2n) is 8.60. The Morgan fingerprint density at radius 2 is 1.58 bits per heavy atom. The van der Waals surface area contributed by atoms with Gasteiger partial charge in [0.1, 0.15) is 6.07 Å². The largest absolute Gasteiger partial charge is 0.378 e. The van der Waals surface area contributed by atoms with Crippen molar-refractivity contribution in [1.29, 1.82) is 5.26 Å². The van der Waals surface area contributed by atoms with Crippen molar-refractivity contribution in [2.45, 2.75) is 103 Å². The van der Waals surface area contributed by atoms with Gasteiger partial charge >= 0.3 is 0 Å². The van der Waals surface area contributed by atoms with Gasteiger partial charge in [-0.2, -0.15) is 9.65 Å². The fourth-order valence-electron chi connectivity index (χ4n) is 4.72. The zero-order chi connectivity index (χ0) is 18.6. The highest BCUT2D eigenvalue weighted by Crippen LogP contribution is 2.34. The fraction of sp³-hybridized carbons (Fsp3) is 0.870. The van der Waals surface area contributed by atoms with Crippen LogP contribution in [0.1, 0.15) is 96.8 Å². The molecular formula is C23H38FNO. The summed E-state index contributed by atoms with van der Waals surface area (Å²) in [6.07, 6.45) is 19.4. The average Bonchev–Trinajstić information content (AvgIpc) is 2.68. The van der Waals surface area contributed by atoms with Gasteiger partial charge in [-0.3, -0.25) is 0 Å². The van der Waals surface area contributed by atoms with Gasteiger partial charge in [-0.1, -0.05) is 45.4 Å². The van der Waals surface area contributed by atoms with Crippen LogP contribution in [0.4, 0.5) is 4.39 Å². The number of hydrogen-bond donors (Lipinski definition) is 0. The molecule has 0 aromatic rings. The second-order valence-corrected chi connectivity index (χ2v) is 8.60. The van der Waals surface area contributed by atoms with Gasteiger partial charge in [-0.25, -0.2) is 0 Å². The summed E-state index contributed by atoms with van der Waals surface area (Å²) in [6.45, 7) is 3.25. The number of ether oxygens (including phenoxy) is 1. The number of nitrogens with zero attached hydrogens (tertiary/aromatic N) is 1. The van der Waals surface area contributed by atoms with Crippen LogP contribution < -0.4 is 0 Å². The molecule has 0 radical (unpaired) electrons. The molecule has 0 aromatic heterocycles. The molecule has 0 aliphatic heterocycles. The van der Waals surface area contributed by atoms with Gasteiger partial charge in [-0.15, -0.1) is 0 Å². The van der Waals surface area contributed by atoms with E-state index < -0.39 is 5.83 Å². The van der Waals surface area contributed by atoms with Gasteiger partial charge in [0, 0.05) is 6.61 Å². The minimum Gasteiger partial charge on any atom is -0.378 e. The average molecular weight is 364 g/mol. The Morgan fingerprint density at radius 1 is 0.962 bits per heavy atom. The molecule has 2 nitrogen and oxygen atoms in total. The van der Waals surface area contributed by atoms with E-state index in [-0.39, 0.29) is 0 Å². The lowest BCUT2D eigenvalue weighted by atomic mass is 9.80. The number of halogens is 1. The monoisotopic (exact) mass is 363 g/mol. The van der Waals surface area contributed by atoms with Crippen LogP contribution >= 0.6 is 0 Å². The van der Waals surface area contributed by atoms with Crippen molar-refractivity contribution in [1.82, 2.24) is 0 Å². The maximum Gasteiger partial charge on any atom is 0.196 e. The predicted octanol–water partition coefficient (Wildman–Crippen LogP) is 7.11. The van der Waals surface area contributed by atoms with Crippen LogP contribution in [0, 0.1) is 29.1 Å². The molecule has 148 valence electrons. The highest BCUT2D eigenvalue weighted by Gasteiger charge is 2.24. The van der Waals surface area contributed by atoms with Crippen LogP contribution in [0.5, 0.6) is 0 Å². The Balaban J connectivity index is 1.52. The molecule has 0 saturated heterocycles. The number of hydrogen-bond acceptors (Lipinski definition) is 2. The molecule has 2 aliphatic rings. The lowest BCUT2D eigenvalue weighted by molar-refractivity contribution is -0.0102. The molecule has 0 atom stereocenters. The topological polar surface area (TPSA) is 33.0 Å². The molecule has 3 heteroatoms. The van der Waals surface area contributed by atoms with Crippen molar-refractivity contribution in [3.63, 3.8) is 0 Å². The van der Waals surface area contributed by atoms with Gasteiger partial charge in [-0.05, 0) is 75.2 Å². The number of rotatable bonds is 10. The zero-order valence-corrected chi connectivity index (χ0v) is 16.7. The molecule has 2 saturated carbocycles. The molecule has 0 aromatic carbocycles. The van der Waals surface area contributed by atoms with E-state index in [0.29, 0.717) is 18.4 Å². The maximum absolute atomic E-state index is 12.8. The van der Waals surface area contributed by atoms with E-state index >= 15 is 0 Å². The first-order valence-corrected chi connectivity index (χ1v) is 11.1. The van der Waals surface area contributed by atoms with Crippen molar-refractivity contribution >= 4 is 0 Å². The Bertz CT molecular complexity index is 440. The van der Waals surface area contributed by atoms with Gasteiger partial charge in [0.2, 0.25) is 0 Å². The SMILES string of the molecule is CCCCC[C@H]1CC[C@H](COC2CCC(CCC=C(F)C#N)CC2)CC1. The van der Waals surface area contributed by atoms with E-state index in [9.17, 15) is 4.39 Å². The van der Waals surface area contributed by atoms with Crippen LogP contribution in [0.25, 0.3) is 0 Å². The normalized spacial score (nSPS) is 30.1. The van der Waals surface area contributed by atoms with Crippen molar-refractivity contribution in [3.05, 3.63) is 11.9 Å². The third-order valence-corrected chi connectivity index (χ3v) is 6.55. The maximum atomic E-state index is 12.8. The van der Waals surface area contributed by atoms with Gasteiger partial charge < -0.3 is 4.74 Å². The molecule has 0 unspecified atom stereocenters. The standard InChI is InChI=1S/C23H38FNO/c1-2-3-4-6-19-9-11-21(12-10-19)18-26-23-15-13-20(14-16-23)7-5-8-22(24)17-25/h8,19-21,23H,2-7,9-16,18H2,1H3/t19-,20?,21-,23?. The molecule has 2 fully saturated rings. The van der Waals surface area contributed by atoms with Crippen LogP contribution in [0.2, 0.25) is 0 Å². The third kappa shape index (κ3) is 8.21. The first-order chi connectivity index (χ1) is 12.7. The van der Waals surface area contributed by atoms with Gasteiger partial charge in [0.25, 0.3) is 0 Å². The smallest absolute Gasteiger partial charge is 0.196 e. The summed E-state index contributed by atoms with van der Waals surface area (Å²) in [4.78, 5) is 0. The summed E-state index contributed by atoms with van der Waals surface area (Å²) in [6, 6.07) is 1.55. The fourth-order valence-corrected chi connectivity index (χ4v) is 4.72. The summed E-state index contributed by atoms with van der Waals surface area (Å²) in [5.41, 5.74) is 0. The number of nitriles is 1. The summed E-state index contributed by atoms with van der Waals surface area (Å²) in [5.74, 6) is 1.81. The number of allylic oxidation sites excluding steroid dienone is 2. The Labute approximate surface area is 160 Å². The Hall–Kier alpha value is -0.880. The summed E-state index contributed by atoms with van der Waals surface area (Å²) in [7, 11) is 0. The summed E-state index contributed by atoms with van der Waals surface area (Å²) in [5, 5.41) is 8.43. The molecule has 2 rings (SSSR count). The minimum absolute atomic E-state index is 0.444. The lowest BCUT2D eigenvalue weighted by Crippen LogP contribution is -2.26. The molecule has 26 heavy (non-hydrogen) atoms. The molecule has 0 amide bonds. The Morgan fingerprint density at radius 3 is 2.23 bits per heavy atom. The third-order valence-electron chi connectivity index (χ3n) is 6.55. The van der Waals surface area contributed by atoms with E-state index in [1.165, 1.54) is 70.3 Å². The lowest BCUT2D eigenvalue weighted by Gasteiger charge is -2.32. The highest BCUT2D eigenvalue weighted by atomic mass is 19.1. The van der Waals surface area contributed by atoms with E-state index in [1.54, 1.807) is 6.07 Å². The first kappa shape index (κ1) is 21.4. The van der Waals surface area contributed by atoms with Crippen molar-refractivity contribution in [2.75, 3.05) is 6.61 Å². The van der Waals surface area contributed by atoms with Crippen LogP contribution in [-0.2, 0) is 4.74 Å². The van der Waals surface area contributed by atoms with E-state index in [2.05, 4.69) is 6.92 Å². The van der Waals surface area contributed by atoms with E-state index in [0.717, 1.165) is 37.7 Å². The predicted molar refractivity (Wildman–Crippen MR) is 105 cm³/mol. The van der Waals surface area contributed by atoms with Gasteiger partial charge in [0.05, 0.1) is 6.10 Å². The molecule has 0 N–H and O–H groups in total. The quantitative estimate of drug-likeness (QED) is 0.306. The van der Waals surface area contributed by atoms with Crippen molar-refractivity contribution in [2.24, 2.45) is 17.8 Å². The van der Waals surface area contributed by atoms with Crippen molar-refractivity contribution < 1.29 is 9.13 Å². The number of unbranched alkanes of at least 4 members (excludes halogenated alkanes) is 2.